The largest absolute Gasteiger partial charge is 0.307 e. The number of aromatic nitrogens is 1. The van der Waals surface area contributed by atoms with Crippen molar-refractivity contribution in [3.8, 4) is 0 Å². The molecule has 0 aliphatic heterocycles. The molecule has 112 valence electrons. The zero-order chi connectivity index (χ0) is 14.9. The Hall–Kier alpha value is -0.890. The molecule has 2 rings (SSSR count). The van der Waals surface area contributed by atoms with Gasteiger partial charge in [-0.25, -0.2) is 0 Å². The predicted molar refractivity (Wildman–Crippen MR) is 86.0 cm³/mol. The van der Waals surface area contributed by atoms with Crippen molar-refractivity contribution in [3.63, 3.8) is 0 Å². The Bertz CT molecular complexity index is 443. The quantitative estimate of drug-likeness (QED) is 0.879. The molecule has 1 saturated carbocycles. The van der Waals surface area contributed by atoms with Gasteiger partial charge in [0.15, 0.2) is 0 Å². The summed E-state index contributed by atoms with van der Waals surface area (Å²) in [6, 6.07) is 3.25. The van der Waals surface area contributed by atoms with E-state index in [2.05, 4.69) is 57.9 Å². The molecule has 1 aliphatic rings. The number of hydrogen-bond acceptors (Lipinski definition) is 2. The van der Waals surface area contributed by atoms with Gasteiger partial charge >= 0.3 is 0 Å². The molecule has 2 nitrogen and oxygen atoms in total. The van der Waals surface area contributed by atoms with Crippen molar-refractivity contribution in [3.05, 3.63) is 28.6 Å². The van der Waals surface area contributed by atoms with Crippen LogP contribution in [0.3, 0.4) is 0 Å². The second-order valence-corrected chi connectivity index (χ2v) is 6.97. The van der Waals surface area contributed by atoms with Crippen molar-refractivity contribution in [2.45, 2.75) is 72.9 Å². The Labute approximate surface area is 124 Å². The average Bonchev–Trinajstić information content (AvgIpc) is 2.31. The molecule has 2 heteroatoms. The molecule has 1 aliphatic carbocycles. The number of nitrogens with one attached hydrogen (secondary N) is 1. The summed E-state index contributed by atoms with van der Waals surface area (Å²) in [4.78, 5) is 4.64. The molecule has 4 atom stereocenters. The van der Waals surface area contributed by atoms with Gasteiger partial charge in [-0.1, -0.05) is 13.8 Å². The van der Waals surface area contributed by atoms with Crippen LogP contribution in [0.4, 0.5) is 0 Å². The highest BCUT2D eigenvalue weighted by Crippen LogP contribution is 2.31. The summed E-state index contributed by atoms with van der Waals surface area (Å²) in [6.07, 6.45) is 4.03. The standard InChI is InChI=1S/C18H30N2/c1-11-7-8-17(12(2)9-11)20-16(6)18-13(3)10-14(4)19-15(18)5/h10-12,16-17,20H,7-9H2,1-6H3. The average molecular weight is 274 g/mol. The van der Waals surface area contributed by atoms with Crippen LogP contribution in [0.2, 0.25) is 0 Å². The molecule has 1 heterocycles. The highest BCUT2D eigenvalue weighted by Gasteiger charge is 2.27. The molecule has 0 aromatic carbocycles. The highest BCUT2D eigenvalue weighted by molar-refractivity contribution is 5.33. The first kappa shape index (κ1) is 15.5. The van der Waals surface area contributed by atoms with Crippen molar-refractivity contribution in [1.82, 2.24) is 10.3 Å². The zero-order valence-corrected chi connectivity index (χ0v) is 14.0. The Morgan fingerprint density at radius 3 is 2.50 bits per heavy atom. The molecule has 0 saturated heterocycles. The monoisotopic (exact) mass is 274 g/mol. The fourth-order valence-electron chi connectivity index (χ4n) is 4.01. The van der Waals surface area contributed by atoms with Crippen molar-refractivity contribution in [2.24, 2.45) is 11.8 Å². The third-order valence-corrected chi connectivity index (χ3v) is 4.91. The molecular formula is C18H30N2. The number of aryl methyl sites for hydroxylation is 3. The van der Waals surface area contributed by atoms with Gasteiger partial charge in [0.05, 0.1) is 0 Å². The van der Waals surface area contributed by atoms with E-state index in [4.69, 9.17) is 0 Å². The fraction of sp³-hybridized carbons (Fsp3) is 0.722. The summed E-state index contributed by atoms with van der Waals surface area (Å²) >= 11 is 0. The van der Waals surface area contributed by atoms with Gasteiger partial charge in [0.2, 0.25) is 0 Å². The predicted octanol–water partition coefficient (Wildman–Crippen LogP) is 4.48. The normalized spacial score (nSPS) is 28.4. The molecule has 1 fully saturated rings. The molecule has 0 amide bonds. The van der Waals surface area contributed by atoms with Gasteiger partial charge in [-0.15, -0.1) is 0 Å². The minimum Gasteiger partial charge on any atom is -0.307 e. The molecule has 0 bridgehead atoms. The van der Waals surface area contributed by atoms with E-state index in [1.54, 1.807) is 0 Å². The molecular weight excluding hydrogens is 244 g/mol. The minimum absolute atomic E-state index is 0.393. The van der Waals surface area contributed by atoms with Gasteiger partial charge in [0.1, 0.15) is 0 Å². The van der Waals surface area contributed by atoms with Crippen LogP contribution in [0.1, 0.15) is 68.6 Å². The Morgan fingerprint density at radius 2 is 1.90 bits per heavy atom. The molecule has 4 unspecified atom stereocenters. The summed E-state index contributed by atoms with van der Waals surface area (Å²) in [7, 11) is 0. The van der Waals surface area contributed by atoms with Crippen molar-refractivity contribution in [1.29, 1.82) is 0 Å². The van der Waals surface area contributed by atoms with E-state index < -0.39 is 0 Å². The third kappa shape index (κ3) is 3.41. The van der Waals surface area contributed by atoms with Gasteiger partial charge in [-0.05, 0) is 76.0 Å². The van der Waals surface area contributed by atoms with Gasteiger partial charge in [-0.3, -0.25) is 4.98 Å². The summed E-state index contributed by atoms with van der Waals surface area (Å²) in [6.45, 7) is 13.5. The van der Waals surface area contributed by atoms with Crippen LogP contribution < -0.4 is 5.32 Å². The number of pyridine rings is 1. The first-order valence-corrected chi connectivity index (χ1v) is 8.09. The van der Waals surface area contributed by atoms with Crippen LogP contribution in [0.25, 0.3) is 0 Å². The molecule has 1 N–H and O–H groups in total. The SMILES string of the molecule is Cc1cc(C)c(C(C)NC2CCC(C)CC2C)c(C)n1. The maximum atomic E-state index is 4.64. The highest BCUT2D eigenvalue weighted by atomic mass is 15.0. The smallest absolute Gasteiger partial charge is 0.0426 e. The van der Waals surface area contributed by atoms with E-state index in [9.17, 15) is 0 Å². The minimum atomic E-state index is 0.393. The van der Waals surface area contributed by atoms with Crippen LogP contribution in [0.15, 0.2) is 6.07 Å². The maximum absolute atomic E-state index is 4.64. The summed E-state index contributed by atoms with van der Waals surface area (Å²) in [5.74, 6) is 1.67. The second kappa shape index (κ2) is 6.26. The summed E-state index contributed by atoms with van der Waals surface area (Å²) in [5, 5.41) is 3.87. The van der Waals surface area contributed by atoms with Gasteiger partial charge in [0.25, 0.3) is 0 Å². The van der Waals surface area contributed by atoms with E-state index >= 15 is 0 Å². The van der Waals surface area contributed by atoms with Gasteiger partial charge in [-0.2, -0.15) is 0 Å². The first-order chi connectivity index (χ1) is 9.38. The number of hydrogen-bond donors (Lipinski definition) is 1. The molecule has 1 aromatic rings. The van der Waals surface area contributed by atoms with E-state index in [-0.39, 0.29) is 0 Å². The zero-order valence-electron chi connectivity index (χ0n) is 14.0. The van der Waals surface area contributed by atoms with Crippen molar-refractivity contribution in [2.75, 3.05) is 0 Å². The van der Waals surface area contributed by atoms with Crippen LogP contribution >= 0.6 is 0 Å². The number of rotatable bonds is 3. The Balaban J connectivity index is 2.10. The Kier molecular flexibility index (Phi) is 4.85. The lowest BCUT2D eigenvalue weighted by Crippen LogP contribution is -2.40. The second-order valence-electron chi connectivity index (χ2n) is 6.97. The third-order valence-electron chi connectivity index (χ3n) is 4.91. The lowest BCUT2D eigenvalue weighted by atomic mass is 9.79. The first-order valence-electron chi connectivity index (χ1n) is 8.09. The van der Waals surface area contributed by atoms with E-state index in [0.717, 1.165) is 17.5 Å². The van der Waals surface area contributed by atoms with Crippen LogP contribution in [-0.4, -0.2) is 11.0 Å². The van der Waals surface area contributed by atoms with Crippen LogP contribution in [0.5, 0.6) is 0 Å². The fourth-order valence-corrected chi connectivity index (χ4v) is 4.01. The molecule has 1 aromatic heterocycles. The van der Waals surface area contributed by atoms with Crippen molar-refractivity contribution < 1.29 is 0 Å². The van der Waals surface area contributed by atoms with E-state index in [1.807, 2.05) is 0 Å². The van der Waals surface area contributed by atoms with Gasteiger partial charge in [0, 0.05) is 23.5 Å². The molecule has 20 heavy (non-hydrogen) atoms. The lowest BCUT2D eigenvalue weighted by molar-refractivity contribution is 0.216. The summed E-state index contributed by atoms with van der Waals surface area (Å²) < 4.78 is 0. The summed E-state index contributed by atoms with van der Waals surface area (Å²) in [5.41, 5.74) is 5.06. The maximum Gasteiger partial charge on any atom is 0.0426 e. The van der Waals surface area contributed by atoms with E-state index in [0.29, 0.717) is 12.1 Å². The molecule has 0 radical (unpaired) electrons. The number of nitrogens with zero attached hydrogens (tertiary/aromatic N) is 1. The molecule has 0 spiro atoms. The Morgan fingerprint density at radius 1 is 1.20 bits per heavy atom. The topological polar surface area (TPSA) is 24.9 Å². The lowest BCUT2D eigenvalue weighted by Gasteiger charge is -2.35. The van der Waals surface area contributed by atoms with E-state index in [1.165, 1.54) is 36.1 Å². The van der Waals surface area contributed by atoms with Gasteiger partial charge < -0.3 is 5.32 Å². The van der Waals surface area contributed by atoms with Crippen LogP contribution in [0, 0.1) is 32.6 Å². The van der Waals surface area contributed by atoms with Crippen molar-refractivity contribution >= 4 is 0 Å². The van der Waals surface area contributed by atoms with Crippen LogP contribution in [-0.2, 0) is 0 Å².